The minimum atomic E-state index is -4.49. The minimum absolute atomic E-state index is 0.171. The summed E-state index contributed by atoms with van der Waals surface area (Å²) < 4.78 is 64.9. The topological polar surface area (TPSA) is 46.2 Å². The van der Waals surface area contributed by atoms with Crippen LogP contribution in [0, 0.1) is 0 Å². The average Bonchev–Trinajstić information content (AvgIpc) is 2.89. The summed E-state index contributed by atoms with van der Waals surface area (Å²) in [5.74, 6) is 0. The number of sulfonamides is 1. The maximum atomic E-state index is 12.5. The zero-order chi connectivity index (χ0) is 16.7. The summed E-state index contributed by atoms with van der Waals surface area (Å²) in [6, 6.07) is 10.7. The number of alkyl halides is 3. The van der Waals surface area contributed by atoms with E-state index in [0.29, 0.717) is 6.42 Å². The monoisotopic (exact) mass is 341 g/mol. The molecule has 0 aliphatic heterocycles. The molecule has 1 aliphatic carbocycles. The quantitative estimate of drug-likeness (QED) is 0.926. The van der Waals surface area contributed by atoms with Crippen molar-refractivity contribution in [1.29, 1.82) is 0 Å². The average molecular weight is 341 g/mol. The van der Waals surface area contributed by atoms with Gasteiger partial charge in [0.15, 0.2) is 0 Å². The largest absolute Gasteiger partial charge is 0.416 e. The molecule has 2 aromatic carbocycles. The van der Waals surface area contributed by atoms with E-state index in [4.69, 9.17) is 0 Å². The summed E-state index contributed by atoms with van der Waals surface area (Å²) in [5, 5.41) is 0. The third kappa shape index (κ3) is 3.25. The lowest BCUT2D eigenvalue weighted by Crippen LogP contribution is -2.27. The number of benzene rings is 2. The van der Waals surface area contributed by atoms with Crippen molar-refractivity contribution >= 4 is 10.0 Å². The van der Waals surface area contributed by atoms with E-state index in [2.05, 4.69) is 4.72 Å². The first-order valence-corrected chi connectivity index (χ1v) is 8.53. The van der Waals surface area contributed by atoms with Gasteiger partial charge >= 0.3 is 6.18 Å². The van der Waals surface area contributed by atoms with Crippen LogP contribution >= 0.6 is 0 Å². The van der Waals surface area contributed by atoms with Gasteiger partial charge < -0.3 is 0 Å². The van der Waals surface area contributed by atoms with Crippen LogP contribution in [0.2, 0.25) is 0 Å². The normalized spacial score (nSPS) is 18.0. The Kier molecular flexibility index (Phi) is 3.93. The van der Waals surface area contributed by atoms with Gasteiger partial charge in [0.05, 0.1) is 10.5 Å². The van der Waals surface area contributed by atoms with Gasteiger partial charge in [-0.2, -0.15) is 13.2 Å². The molecular weight excluding hydrogens is 327 g/mol. The molecule has 1 aliphatic rings. The number of halogens is 3. The molecule has 0 heterocycles. The third-order valence-corrected chi connectivity index (χ3v) is 5.41. The Bertz CT molecular complexity index is 814. The molecule has 0 saturated carbocycles. The highest BCUT2D eigenvalue weighted by Gasteiger charge is 2.31. The number of rotatable bonds is 3. The summed E-state index contributed by atoms with van der Waals surface area (Å²) in [5.41, 5.74) is 1.14. The first-order valence-electron chi connectivity index (χ1n) is 7.05. The maximum Gasteiger partial charge on any atom is 0.416 e. The molecule has 7 heteroatoms. The van der Waals surface area contributed by atoms with Crippen LogP contribution in [0.15, 0.2) is 53.4 Å². The smallest absolute Gasteiger partial charge is 0.207 e. The molecule has 23 heavy (non-hydrogen) atoms. The number of hydrogen-bond donors (Lipinski definition) is 1. The lowest BCUT2D eigenvalue weighted by molar-refractivity contribution is -0.137. The zero-order valence-electron chi connectivity index (χ0n) is 12.0. The van der Waals surface area contributed by atoms with E-state index in [1.165, 1.54) is 0 Å². The molecule has 3 nitrogen and oxygen atoms in total. The lowest BCUT2D eigenvalue weighted by atomic mass is 10.1. The van der Waals surface area contributed by atoms with Crippen LogP contribution in [-0.2, 0) is 22.6 Å². The fourth-order valence-electron chi connectivity index (χ4n) is 2.76. The van der Waals surface area contributed by atoms with Crippen molar-refractivity contribution in [3.05, 3.63) is 65.2 Å². The molecule has 0 saturated heterocycles. The maximum absolute atomic E-state index is 12.5. The van der Waals surface area contributed by atoms with E-state index in [1.54, 1.807) is 0 Å². The highest BCUT2D eigenvalue weighted by molar-refractivity contribution is 7.89. The molecule has 0 amide bonds. The van der Waals surface area contributed by atoms with Crippen LogP contribution in [0.1, 0.15) is 29.2 Å². The van der Waals surface area contributed by atoms with Gasteiger partial charge in [-0.3, -0.25) is 0 Å². The Hall–Kier alpha value is -1.86. The van der Waals surface area contributed by atoms with Crippen molar-refractivity contribution in [3.8, 4) is 0 Å². The van der Waals surface area contributed by atoms with E-state index in [1.807, 2.05) is 24.3 Å². The Morgan fingerprint density at radius 3 is 2.30 bits per heavy atom. The first kappa shape index (κ1) is 16.0. The van der Waals surface area contributed by atoms with Crippen molar-refractivity contribution < 1.29 is 21.6 Å². The van der Waals surface area contributed by atoms with Crippen LogP contribution in [0.3, 0.4) is 0 Å². The van der Waals surface area contributed by atoms with Gasteiger partial charge in [-0.25, -0.2) is 13.1 Å². The second kappa shape index (κ2) is 5.65. The van der Waals surface area contributed by atoms with Crippen molar-refractivity contribution in [2.24, 2.45) is 0 Å². The number of aryl methyl sites for hydroxylation is 1. The first-order chi connectivity index (χ1) is 10.8. The highest BCUT2D eigenvalue weighted by atomic mass is 32.2. The SMILES string of the molecule is O=S(=O)(NC1CCc2ccccc21)c1ccc(C(F)(F)F)cc1. The fraction of sp³-hybridized carbons (Fsp3) is 0.250. The Morgan fingerprint density at radius 2 is 1.65 bits per heavy atom. The summed E-state index contributed by atoms with van der Waals surface area (Å²) in [4.78, 5) is -0.171. The molecular formula is C16H14F3NO2S. The summed E-state index contributed by atoms with van der Waals surface area (Å²) in [6.07, 6.45) is -3.07. The summed E-state index contributed by atoms with van der Waals surface area (Å²) in [6.45, 7) is 0. The molecule has 2 aromatic rings. The van der Waals surface area contributed by atoms with E-state index < -0.39 is 21.8 Å². The van der Waals surface area contributed by atoms with Crippen molar-refractivity contribution in [2.45, 2.75) is 30.0 Å². The fourth-order valence-corrected chi connectivity index (χ4v) is 4.01. The number of hydrogen-bond acceptors (Lipinski definition) is 2. The lowest BCUT2D eigenvalue weighted by Gasteiger charge is -2.15. The van der Waals surface area contributed by atoms with Crippen LogP contribution < -0.4 is 4.72 Å². The standard InChI is InChI=1S/C16H14F3NO2S/c17-16(18,19)12-6-8-13(9-7-12)23(21,22)20-15-10-5-11-3-1-2-4-14(11)15/h1-4,6-9,15,20H,5,10H2. The van der Waals surface area contributed by atoms with Gasteiger partial charge in [-0.15, -0.1) is 0 Å². The molecule has 3 rings (SSSR count). The summed E-state index contributed by atoms with van der Waals surface area (Å²) in [7, 11) is -3.87. The van der Waals surface area contributed by atoms with E-state index >= 15 is 0 Å². The highest BCUT2D eigenvalue weighted by Crippen LogP contribution is 2.33. The molecule has 0 bridgehead atoms. The molecule has 0 spiro atoms. The van der Waals surface area contributed by atoms with Gasteiger partial charge in [-0.1, -0.05) is 24.3 Å². The van der Waals surface area contributed by atoms with Gasteiger partial charge in [0.25, 0.3) is 0 Å². The molecule has 0 aromatic heterocycles. The second-order valence-electron chi connectivity index (χ2n) is 5.43. The predicted octanol–water partition coefficient (Wildman–Crippen LogP) is 3.67. The third-order valence-electron chi connectivity index (χ3n) is 3.92. The van der Waals surface area contributed by atoms with Gasteiger partial charge in [0, 0.05) is 6.04 Å². The van der Waals surface area contributed by atoms with Crippen molar-refractivity contribution in [1.82, 2.24) is 4.72 Å². The Labute approximate surface area is 132 Å². The molecule has 0 fully saturated rings. The molecule has 1 unspecified atom stereocenters. The van der Waals surface area contributed by atoms with Crippen LogP contribution in [-0.4, -0.2) is 8.42 Å². The van der Waals surface area contributed by atoms with E-state index in [-0.39, 0.29) is 10.9 Å². The van der Waals surface area contributed by atoms with E-state index in [0.717, 1.165) is 41.8 Å². The van der Waals surface area contributed by atoms with E-state index in [9.17, 15) is 21.6 Å². The number of nitrogens with one attached hydrogen (secondary N) is 1. The Morgan fingerprint density at radius 1 is 1.00 bits per heavy atom. The molecule has 0 radical (unpaired) electrons. The predicted molar refractivity (Wildman–Crippen MR) is 79.3 cm³/mol. The van der Waals surface area contributed by atoms with Gasteiger partial charge in [-0.05, 0) is 48.2 Å². The van der Waals surface area contributed by atoms with Crippen LogP contribution in [0.5, 0.6) is 0 Å². The van der Waals surface area contributed by atoms with Crippen molar-refractivity contribution in [3.63, 3.8) is 0 Å². The zero-order valence-corrected chi connectivity index (χ0v) is 12.8. The summed E-state index contributed by atoms with van der Waals surface area (Å²) >= 11 is 0. The minimum Gasteiger partial charge on any atom is -0.207 e. The van der Waals surface area contributed by atoms with Gasteiger partial charge in [0.2, 0.25) is 10.0 Å². The van der Waals surface area contributed by atoms with Crippen LogP contribution in [0.4, 0.5) is 13.2 Å². The number of fused-ring (bicyclic) bond motifs is 1. The molecule has 1 N–H and O–H groups in total. The molecule has 122 valence electrons. The molecule has 1 atom stereocenters. The van der Waals surface area contributed by atoms with Gasteiger partial charge in [0.1, 0.15) is 0 Å². The Balaban J connectivity index is 1.83. The van der Waals surface area contributed by atoms with Crippen LogP contribution in [0.25, 0.3) is 0 Å². The van der Waals surface area contributed by atoms with Crippen molar-refractivity contribution in [2.75, 3.05) is 0 Å². The second-order valence-corrected chi connectivity index (χ2v) is 7.15.